The quantitative estimate of drug-likeness (QED) is 0.886. The lowest BCUT2D eigenvalue weighted by Gasteiger charge is -2.31. The fraction of sp³-hybridized carbons (Fsp3) is 0.500. The standard InChI is InChI=1S/C14H18ClN3O.2ClH/c15-11-3-1-2-4-12(11)18-8-5-13(14(18)19)17-9-6-16-7-10-17;;/h1-4,13,16H,5-10H2;2*1H. The van der Waals surface area contributed by atoms with Crippen molar-refractivity contribution in [1.29, 1.82) is 0 Å². The van der Waals surface area contributed by atoms with E-state index >= 15 is 0 Å². The van der Waals surface area contributed by atoms with E-state index in [-0.39, 0.29) is 36.8 Å². The van der Waals surface area contributed by atoms with Crippen LogP contribution < -0.4 is 10.2 Å². The summed E-state index contributed by atoms with van der Waals surface area (Å²) in [6.45, 7) is 4.60. The second-order valence-electron chi connectivity index (χ2n) is 5.03. The molecule has 7 heteroatoms. The van der Waals surface area contributed by atoms with Crippen LogP contribution in [0.4, 0.5) is 5.69 Å². The van der Waals surface area contributed by atoms with Crippen molar-refractivity contribution in [3.63, 3.8) is 0 Å². The molecule has 3 rings (SSSR count). The highest BCUT2D eigenvalue weighted by Crippen LogP contribution is 2.30. The minimum Gasteiger partial charge on any atom is -0.314 e. The molecule has 118 valence electrons. The van der Waals surface area contributed by atoms with Crippen LogP contribution in [0.5, 0.6) is 0 Å². The summed E-state index contributed by atoms with van der Waals surface area (Å²) in [6.07, 6.45) is 0.893. The van der Waals surface area contributed by atoms with Crippen molar-refractivity contribution < 1.29 is 4.79 Å². The number of anilines is 1. The Hall–Kier alpha value is -0.520. The topological polar surface area (TPSA) is 35.6 Å². The predicted octanol–water partition coefficient (Wildman–Crippen LogP) is 2.19. The number of nitrogens with zero attached hydrogens (tertiary/aromatic N) is 2. The molecule has 1 atom stereocenters. The monoisotopic (exact) mass is 351 g/mol. The molecule has 1 amide bonds. The molecule has 2 heterocycles. The number of amides is 1. The van der Waals surface area contributed by atoms with Gasteiger partial charge < -0.3 is 10.2 Å². The number of nitrogens with one attached hydrogen (secondary N) is 1. The van der Waals surface area contributed by atoms with Gasteiger partial charge in [-0.25, -0.2) is 0 Å². The second kappa shape index (κ2) is 8.20. The Morgan fingerprint density at radius 2 is 1.76 bits per heavy atom. The zero-order valence-electron chi connectivity index (χ0n) is 11.6. The lowest BCUT2D eigenvalue weighted by atomic mass is 10.2. The van der Waals surface area contributed by atoms with E-state index in [2.05, 4.69) is 10.2 Å². The number of hydrogen-bond donors (Lipinski definition) is 1. The lowest BCUT2D eigenvalue weighted by Crippen LogP contribution is -2.51. The zero-order chi connectivity index (χ0) is 13.2. The molecule has 1 N–H and O–H groups in total. The molecule has 21 heavy (non-hydrogen) atoms. The minimum atomic E-state index is 0. The number of rotatable bonds is 2. The van der Waals surface area contributed by atoms with Crippen LogP contribution in [-0.4, -0.2) is 49.6 Å². The maximum atomic E-state index is 12.6. The highest BCUT2D eigenvalue weighted by Gasteiger charge is 2.37. The average Bonchev–Trinajstić information content (AvgIpc) is 2.82. The number of hydrogen-bond acceptors (Lipinski definition) is 3. The van der Waals surface area contributed by atoms with Gasteiger partial charge >= 0.3 is 0 Å². The Bertz CT molecular complexity index is 480. The van der Waals surface area contributed by atoms with Gasteiger partial charge in [-0.2, -0.15) is 0 Å². The van der Waals surface area contributed by atoms with E-state index in [9.17, 15) is 4.79 Å². The van der Waals surface area contributed by atoms with Crippen molar-refractivity contribution in [3.05, 3.63) is 29.3 Å². The SMILES string of the molecule is Cl.Cl.O=C1C(N2CCNCC2)CCN1c1ccccc1Cl. The molecule has 1 aromatic carbocycles. The van der Waals surface area contributed by atoms with Gasteiger partial charge in [0.15, 0.2) is 0 Å². The molecule has 2 aliphatic rings. The molecule has 4 nitrogen and oxygen atoms in total. The van der Waals surface area contributed by atoms with Crippen LogP contribution in [0.1, 0.15) is 6.42 Å². The first-order valence-electron chi connectivity index (χ1n) is 6.78. The molecular formula is C14H20Cl3N3O. The number of para-hydroxylation sites is 1. The van der Waals surface area contributed by atoms with E-state index in [0.717, 1.165) is 44.8 Å². The van der Waals surface area contributed by atoms with E-state index in [1.54, 1.807) is 0 Å². The molecule has 0 aliphatic carbocycles. The van der Waals surface area contributed by atoms with Gasteiger partial charge in [-0.15, -0.1) is 24.8 Å². The lowest BCUT2D eigenvalue weighted by molar-refractivity contribution is -0.121. The Balaban J connectivity index is 0.00000110. The van der Waals surface area contributed by atoms with Crippen LogP contribution in [0.15, 0.2) is 24.3 Å². The smallest absolute Gasteiger partial charge is 0.244 e. The van der Waals surface area contributed by atoms with Crippen molar-refractivity contribution in [2.75, 3.05) is 37.6 Å². The van der Waals surface area contributed by atoms with Crippen LogP contribution >= 0.6 is 36.4 Å². The third-order valence-electron chi connectivity index (χ3n) is 3.91. The summed E-state index contributed by atoms with van der Waals surface area (Å²) in [5.41, 5.74) is 0.840. The van der Waals surface area contributed by atoms with Gasteiger partial charge in [0.1, 0.15) is 0 Å². The average molecular weight is 353 g/mol. The second-order valence-corrected chi connectivity index (χ2v) is 5.44. The van der Waals surface area contributed by atoms with Crippen molar-refractivity contribution in [3.8, 4) is 0 Å². The van der Waals surface area contributed by atoms with Gasteiger partial charge in [-0.3, -0.25) is 9.69 Å². The van der Waals surface area contributed by atoms with Crippen LogP contribution in [0, 0.1) is 0 Å². The van der Waals surface area contributed by atoms with Gasteiger partial charge in [0.05, 0.1) is 16.8 Å². The molecule has 0 aromatic heterocycles. The Kier molecular flexibility index (Phi) is 7.24. The third-order valence-corrected chi connectivity index (χ3v) is 4.23. The fourth-order valence-corrected chi connectivity index (χ4v) is 3.15. The van der Waals surface area contributed by atoms with Crippen LogP contribution in [-0.2, 0) is 4.79 Å². The van der Waals surface area contributed by atoms with E-state index in [1.807, 2.05) is 29.2 Å². The summed E-state index contributed by atoms with van der Waals surface area (Å²) in [4.78, 5) is 16.7. The molecule has 2 saturated heterocycles. The van der Waals surface area contributed by atoms with E-state index in [4.69, 9.17) is 11.6 Å². The van der Waals surface area contributed by atoms with Gasteiger partial charge in [-0.05, 0) is 18.6 Å². The molecule has 0 radical (unpaired) electrons. The number of benzene rings is 1. The minimum absolute atomic E-state index is 0. The van der Waals surface area contributed by atoms with Gasteiger partial charge in [0.25, 0.3) is 0 Å². The largest absolute Gasteiger partial charge is 0.314 e. The van der Waals surface area contributed by atoms with E-state index in [1.165, 1.54) is 0 Å². The summed E-state index contributed by atoms with van der Waals surface area (Å²) in [7, 11) is 0. The van der Waals surface area contributed by atoms with Crippen molar-refractivity contribution in [2.24, 2.45) is 0 Å². The highest BCUT2D eigenvalue weighted by atomic mass is 35.5. The molecule has 0 bridgehead atoms. The molecule has 0 saturated carbocycles. The molecule has 1 aromatic rings. The summed E-state index contributed by atoms with van der Waals surface area (Å²) >= 11 is 6.19. The van der Waals surface area contributed by atoms with E-state index in [0.29, 0.717) is 5.02 Å². The third kappa shape index (κ3) is 3.82. The molecule has 0 spiro atoms. The Morgan fingerprint density at radius 1 is 1.10 bits per heavy atom. The summed E-state index contributed by atoms with van der Waals surface area (Å²) < 4.78 is 0. The van der Waals surface area contributed by atoms with Crippen molar-refractivity contribution in [1.82, 2.24) is 10.2 Å². The molecular weight excluding hydrogens is 333 g/mol. The summed E-state index contributed by atoms with van der Waals surface area (Å²) in [5.74, 6) is 0.190. The number of piperazine rings is 1. The summed E-state index contributed by atoms with van der Waals surface area (Å²) in [5, 5.41) is 3.97. The molecule has 1 unspecified atom stereocenters. The van der Waals surface area contributed by atoms with Crippen molar-refractivity contribution in [2.45, 2.75) is 12.5 Å². The number of carbonyl (C=O) groups is 1. The number of carbonyl (C=O) groups excluding carboxylic acids is 1. The zero-order valence-corrected chi connectivity index (χ0v) is 14.0. The highest BCUT2D eigenvalue weighted by molar-refractivity contribution is 6.33. The maximum absolute atomic E-state index is 12.6. The molecule has 2 fully saturated rings. The van der Waals surface area contributed by atoms with Crippen LogP contribution in [0.25, 0.3) is 0 Å². The first kappa shape index (κ1) is 18.5. The Labute approximate surface area is 142 Å². The Morgan fingerprint density at radius 3 is 2.43 bits per heavy atom. The maximum Gasteiger partial charge on any atom is 0.244 e. The van der Waals surface area contributed by atoms with Crippen molar-refractivity contribution >= 4 is 48.0 Å². The predicted molar refractivity (Wildman–Crippen MR) is 91.1 cm³/mol. The first-order chi connectivity index (χ1) is 9.27. The van der Waals surface area contributed by atoms with Crippen LogP contribution in [0.3, 0.4) is 0 Å². The van der Waals surface area contributed by atoms with E-state index < -0.39 is 0 Å². The van der Waals surface area contributed by atoms with Gasteiger partial charge in [-0.1, -0.05) is 23.7 Å². The fourth-order valence-electron chi connectivity index (χ4n) is 2.91. The first-order valence-corrected chi connectivity index (χ1v) is 7.16. The van der Waals surface area contributed by atoms with Gasteiger partial charge in [0.2, 0.25) is 5.91 Å². The number of halogens is 3. The molecule has 2 aliphatic heterocycles. The normalized spacial score (nSPS) is 22.6. The van der Waals surface area contributed by atoms with Crippen LogP contribution in [0.2, 0.25) is 5.02 Å². The summed E-state index contributed by atoms with van der Waals surface area (Å²) in [6, 6.07) is 7.59. The van der Waals surface area contributed by atoms with Gasteiger partial charge in [0, 0.05) is 32.7 Å².